The molecule has 0 aliphatic carbocycles. The van der Waals surface area contributed by atoms with Crippen LogP contribution in [0.2, 0.25) is 0 Å². The van der Waals surface area contributed by atoms with Crippen molar-refractivity contribution in [3.8, 4) is 0 Å². The van der Waals surface area contributed by atoms with E-state index in [1.54, 1.807) is 0 Å². The summed E-state index contributed by atoms with van der Waals surface area (Å²) in [5.74, 6) is 0.0280. The lowest BCUT2D eigenvalue weighted by Crippen LogP contribution is -2.65. The molecule has 0 saturated carbocycles. The highest BCUT2D eigenvalue weighted by Gasteiger charge is 2.51. The summed E-state index contributed by atoms with van der Waals surface area (Å²) in [6, 6.07) is 0. The highest BCUT2D eigenvalue weighted by Crippen LogP contribution is 2.34. The van der Waals surface area contributed by atoms with Crippen LogP contribution in [0.4, 0.5) is 0 Å². The number of nitrogens with one attached hydrogen (secondary N) is 3. The number of hydrogen-bond donors (Lipinski definition) is 7. The Morgan fingerprint density at radius 3 is 0.827 bits per heavy atom. The van der Waals surface area contributed by atoms with Gasteiger partial charge in [0, 0.05) is 5.54 Å². The summed E-state index contributed by atoms with van der Waals surface area (Å²) in [5, 5.41) is 8.47. The van der Waals surface area contributed by atoms with Crippen molar-refractivity contribution in [2.24, 2.45) is 22.9 Å². The molecule has 18 heteroatoms. The van der Waals surface area contributed by atoms with Crippen LogP contribution in [0.1, 0.15) is 277 Å². The van der Waals surface area contributed by atoms with Gasteiger partial charge in [-0.05, 0) is 130 Å². The first-order valence-electron chi connectivity index (χ1n) is 30.5. The van der Waals surface area contributed by atoms with E-state index in [4.69, 9.17) is 22.9 Å². The minimum Gasteiger partial charge on any atom is -0.330 e. The number of sulfone groups is 2. The summed E-state index contributed by atoms with van der Waals surface area (Å²) >= 11 is 0. The van der Waals surface area contributed by atoms with Crippen LogP contribution in [0.15, 0.2) is 0 Å². The molecule has 0 saturated heterocycles. The molecule has 0 radical (unpaired) electrons. The van der Waals surface area contributed by atoms with Crippen LogP contribution in [0.3, 0.4) is 0 Å². The molecule has 0 fully saturated rings. The number of rotatable bonds is 59. The second kappa shape index (κ2) is 64.2. The maximum absolute atomic E-state index is 14.4. The molecular formula is C57H128Cl5N7O4S2. The molecule has 0 aromatic rings. The lowest BCUT2D eigenvalue weighted by Gasteiger charge is -2.43. The van der Waals surface area contributed by atoms with E-state index in [-0.39, 0.29) is 106 Å². The number of hydrogen-bond acceptors (Lipinski definition) is 11. The molecule has 0 aliphatic rings. The number of unbranched alkanes of at least 4 members (excludes halogenated alkanes) is 32. The van der Waals surface area contributed by atoms with Crippen LogP contribution in [0, 0.1) is 0 Å². The molecule has 0 amide bonds. The minimum absolute atomic E-state index is 0. The van der Waals surface area contributed by atoms with Gasteiger partial charge in [0.1, 0.15) is 0 Å². The molecule has 0 heterocycles. The van der Waals surface area contributed by atoms with E-state index in [1.807, 2.05) is 0 Å². The highest BCUT2D eigenvalue weighted by molar-refractivity contribution is 7.93. The Balaban J connectivity index is -0.00000238. The fourth-order valence-electron chi connectivity index (χ4n) is 10.5. The first-order chi connectivity index (χ1) is 34.1. The van der Waals surface area contributed by atoms with E-state index < -0.39 is 35.7 Å². The molecule has 0 rings (SSSR count). The van der Waals surface area contributed by atoms with Gasteiger partial charge in [-0.2, -0.15) is 0 Å². The molecule has 2 unspecified atom stereocenters. The Kier molecular flexibility index (Phi) is 74.8. The van der Waals surface area contributed by atoms with Crippen molar-refractivity contribution in [3.05, 3.63) is 0 Å². The van der Waals surface area contributed by atoms with Crippen molar-refractivity contribution in [3.63, 3.8) is 0 Å². The van der Waals surface area contributed by atoms with Crippen LogP contribution < -0.4 is 38.9 Å². The largest absolute Gasteiger partial charge is 0.330 e. The van der Waals surface area contributed by atoms with E-state index >= 15 is 0 Å². The van der Waals surface area contributed by atoms with Gasteiger partial charge in [0.15, 0.2) is 19.7 Å². The van der Waals surface area contributed by atoms with Crippen LogP contribution in [-0.2, 0) is 19.7 Å². The smallest absolute Gasteiger partial charge is 0.155 e. The molecule has 2 atom stereocenters. The summed E-state index contributed by atoms with van der Waals surface area (Å²) in [7, 11) is -7.51. The Morgan fingerprint density at radius 2 is 0.560 bits per heavy atom. The van der Waals surface area contributed by atoms with Crippen molar-refractivity contribution in [2.75, 3.05) is 70.4 Å². The van der Waals surface area contributed by atoms with Gasteiger partial charge in [0.05, 0.1) is 22.0 Å². The predicted molar refractivity (Wildman–Crippen MR) is 345 cm³/mol. The summed E-state index contributed by atoms with van der Waals surface area (Å²) in [4.78, 5) is 0. The van der Waals surface area contributed by atoms with E-state index in [0.717, 1.165) is 110 Å². The zero-order chi connectivity index (χ0) is 51.5. The molecule has 0 aliphatic heterocycles. The zero-order valence-corrected chi connectivity index (χ0v) is 54.4. The molecular weight excluding hydrogens is 1090 g/mol. The van der Waals surface area contributed by atoms with Crippen molar-refractivity contribution >= 4 is 81.7 Å². The Hall–Kier alpha value is 1.07. The SMILES string of the molecule is CCCCCCCCCCCCCCCCCCS(=O)(=O)C(CCN)C(N)(CCCNCCCNCCCCNCCCCN)C(CCN)S(=O)(=O)CCCCCCCCCCCCCCCCCC.Cl.Cl.Cl.Cl.Cl. The molecule has 11 N–H and O–H groups in total. The average molecular weight is 1220 g/mol. The zero-order valence-electron chi connectivity index (χ0n) is 48.7. The Morgan fingerprint density at radius 1 is 0.320 bits per heavy atom. The molecule has 11 nitrogen and oxygen atoms in total. The third kappa shape index (κ3) is 51.7. The second-order valence-corrected chi connectivity index (χ2v) is 26.1. The van der Waals surface area contributed by atoms with E-state index in [1.165, 1.54) is 154 Å². The fourth-order valence-corrected chi connectivity index (χ4v) is 15.3. The van der Waals surface area contributed by atoms with Crippen molar-refractivity contribution in [1.82, 2.24) is 16.0 Å². The average Bonchev–Trinajstić information content (AvgIpc) is 3.34. The first kappa shape index (κ1) is 87.3. The maximum Gasteiger partial charge on any atom is 0.155 e. The van der Waals surface area contributed by atoms with Gasteiger partial charge >= 0.3 is 0 Å². The monoisotopic (exact) mass is 1210 g/mol. The van der Waals surface area contributed by atoms with Crippen LogP contribution >= 0.6 is 62.0 Å². The van der Waals surface area contributed by atoms with Crippen LogP contribution in [-0.4, -0.2) is 103 Å². The molecule has 75 heavy (non-hydrogen) atoms. The first-order valence-corrected chi connectivity index (χ1v) is 33.9. The van der Waals surface area contributed by atoms with Crippen LogP contribution in [0.5, 0.6) is 0 Å². The summed E-state index contributed by atoms with van der Waals surface area (Å²) < 4.78 is 57.8. The molecule has 0 aromatic carbocycles. The summed E-state index contributed by atoms with van der Waals surface area (Å²) in [6.07, 6.45) is 45.6. The standard InChI is InChI=1S/C57H123N7O4S2.5ClH/c1-3-5-7-9-11-13-15-17-19-21-23-25-27-29-31-37-53-69(65,66)55(41-45-59)57(61,43-39-50-64-52-40-51-63-49-36-35-48-62-47-34-33-44-58)56(42-46-60)70(67,68)54-38-32-30-28-26-24-22-20-18-16-14-12-10-8-6-4-2;;;;;/h55-56,62-64H,3-54,58-61H2,1-2H3;5*1H. The summed E-state index contributed by atoms with van der Waals surface area (Å²) in [5.41, 5.74) is 23.8. The van der Waals surface area contributed by atoms with Gasteiger partial charge in [-0.15, -0.1) is 62.0 Å². The van der Waals surface area contributed by atoms with Gasteiger partial charge in [0.25, 0.3) is 0 Å². The predicted octanol–water partition coefficient (Wildman–Crippen LogP) is 14.0. The molecule has 0 bridgehead atoms. The van der Waals surface area contributed by atoms with Gasteiger partial charge in [0.2, 0.25) is 0 Å². The number of halogens is 5. The normalized spacial score (nSPS) is 13.1. The van der Waals surface area contributed by atoms with Crippen LogP contribution in [0.25, 0.3) is 0 Å². The van der Waals surface area contributed by atoms with Gasteiger partial charge in [-0.1, -0.05) is 206 Å². The lowest BCUT2D eigenvalue weighted by molar-refractivity contribution is 0.317. The second-order valence-electron chi connectivity index (χ2n) is 21.5. The fraction of sp³-hybridized carbons (Fsp3) is 1.00. The van der Waals surface area contributed by atoms with E-state index in [0.29, 0.717) is 25.8 Å². The van der Waals surface area contributed by atoms with Gasteiger partial charge in [-0.25, -0.2) is 16.8 Å². The lowest BCUT2D eigenvalue weighted by atomic mass is 9.83. The number of nitrogens with two attached hydrogens (primary N) is 4. The van der Waals surface area contributed by atoms with Crippen molar-refractivity contribution in [2.45, 2.75) is 293 Å². The maximum atomic E-state index is 14.4. The summed E-state index contributed by atoms with van der Waals surface area (Å²) in [6.45, 7) is 11.0. The van der Waals surface area contributed by atoms with E-state index in [2.05, 4.69) is 29.8 Å². The van der Waals surface area contributed by atoms with Crippen molar-refractivity contribution in [1.29, 1.82) is 0 Å². The molecule has 0 aromatic heterocycles. The molecule has 0 spiro atoms. The minimum atomic E-state index is -3.76. The Bertz CT molecular complexity index is 1240. The third-order valence-electron chi connectivity index (χ3n) is 14.9. The van der Waals surface area contributed by atoms with Gasteiger partial charge < -0.3 is 38.9 Å². The highest BCUT2D eigenvalue weighted by atomic mass is 35.5. The Labute approximate surface area is 497 Å². The van der Waals surface area contributed by atoms with Crippen molar-refractivity contribution < 1.29 is 16.8 Å². The topological polar surface area (TPSA) is 208 Å². The van der Waals surface area contributed by atoms with E-state index in [9.17, 15) is 16.8 Å². The third-order valence-corrected chi connectivity index (χ3v) is 19.7. The quantitative estimate of drug-likeness (QED) is 0.0285. The van der Waals surface area contributed by atoms with Gasteiger partial charge in [-0.3, -0.25) is 0 Å². The molecule has 462 valence electrons.